The van der Waals surface area contributed by atoms with Crippen molar-refractivity contribution >= 4 is 38.5 Å². The Balaban J connectivity index is 1.18. The second-order valence-corrected chi connectivity index (χ2v) is 8.35. The Morgan fingerprint density at radius 3 is 2.62 bits per heavy atom. The minimum absolute atomic E-state index is 0.123. The standard InChI is InChI=1S/C23H23BrN6O4/c1-14-21(24)15(2)30(28-14)12-19-27-23(34-29-19)22(32)26-10-9-25-20(31)13-33-18-8-7-16-5-3-4-6-17(16)11-18/h3-8,11H,9-10,12-13H2,1-2H3,(H,25,31)(H,26,32). The lowest BCUT2D eigenvalue weighted by Gasteiger charge is -2.08. The van der Waals surface area contributed by atoms with Gasteiger partial charge in [0.15, 0.2) is 12.4 Å². The highest BCUT2D eigenvalue weighted by Crippen LogP contribution is 2.21. The van der Waals surface area contributed by atoms with Crippen molar-refractivity contribution in [2.75, 3.05) is 19.7 Å². The van der Waals surface area contributed by atoms with Gasteiger partial charge in [0.2, 0.25) is 0 Å². The summed E-state index contributed by atoms with van der Waals surface area (Å²) < 4.78 is 13.2. The smallest absolute Gasteiger partial charge is 0.316 e. The molecule has 0 atom stereocenters. The number of nitrogens with one attached hydrogen (secondary N) is 2. The van der Waals surface area contributed by atoms with Crippen LogP contribution in [0.25, 0.3) is 10.8 Å². The molecule has 2 heterocycles. The number of hydrogen-bond acceptors (Lipinski definition) is 7. The van der Waals surface area contributed by atoms with Gasteiger partial charge in [-0.15, -0.1) is 0 Å². The highest BCUT2D eigenvalue weighted by atomic mass is 79.9. The van der Waals surface area contributed by atoms with Gasteiger partial charge in [-0.3, -0.25) is 14.3 Å². The van der Waals surface area contributed by atoms with Crippen molar-refractivity contribution in [3.63, 3.8) is 0 Å². The van der Waals surface area contributed by atoms with Crippen LogP contribution in [0.5, 0.6) is 5.75 Å². The number of nitrogens with zero attached hydrogens (tertiary/aromatic N) is 4. The van der Waals surface area contributed by atoms with Gasteiger partial charge in [-0.2, -0.15) is 10.1 Å². The molecular formula is C23H23BrN6O4. The minimum atomic E-state index is -0.519. The first-order valence-corrected chi connectivity index (χ1v) is 11.4. The molecule has 2 N–H and O–H groups in total. The van der Waals surface area contributed by atoms with Crippen molar-refractivity contribution in [3.05, 3.63) is 70.0 Å². The number of benzene rings is 2. The molecule has 2 aromatic heterocycles. The van der Waals surface area contributed by atoms with Crippen molar-refractivity contribution in [1.82, 2.24) is 30.6 Å². The third-order valence-electron chi connectivity index (χ3n) is 5.07. The summed E-state index contributed by atoms with van der Waals surface area (Å²) in [5.41, 5.74) is 1.78. The quantitative estimate of drug-likeness (QED) is 0.321. The molecule has 0 spiro atoms. The zero-order chi connectivity index (χ0) is 24.1. The molecule has 2 aromatic carbocycles. The van der Waals surface area contributed by atoms with Crippen LogP contribution in [0.3, 0.4) is 0 Å². The van der Waals surface area contributed by atoms with Crippen LogP contribution in [0.4, 0.5) is 0 Å². The Kier molecular flexibility index (Phi) is 7.21. The van der Waals surface area contributed by atoms with E-state index in [-0.39, 0.29) is 38.0 Å². The van der Waals surface area contributed by atoms with Crippen LogP contribution < -0.4 is 15.4 Å². The number of amides is 2. The van der Waals surface area contributed by atoms with Crippen LogP contribution in [0, 0.1) is 13.8 Å². The Morgan fingerprint density at radius 1 is 1.09 bits per heavy atom. The van der Waals surface area contributed by atoms with Gasteiger partial charge >= 0.3 is 11.8 Å². The SMILES string of the molecule is Cc1nn(Cc2noc(C(=O)NCCNC(=O)COc3ccc4ccccc4c3)n2)c(C)c1Br. The Labute approximate surface area is 203 Å². The van der Waals surface area contributed by atoms with E-state index in [0.717, 1.165) is 26.6 Å². The Bertz CT molecular complexity index is 1330. The third-order valence-corrected chi connectivity index (χ3v) is 6.22. The van der Waals surface area contributed by atoms with Crippen LogP contribution in [0.2, 0.25) is 0 Å². The van der Waals surface area contributed by atoms with Crippen molar-refractivity contribution in [1.29, 1.82) is 0 Å². The molecule has 34 heavy (non-hydrogen) atoms. The fraction of sp³-hybridized carbons (Fsp3) is 0.261. The van der Waals surface area contributed by atoms with Gasteiger partial charge in [0.05, 0.1) is 15.9 Å². The highest BCUT2D eigenvalue weighted by molar-refractivity contribution is 9.10. The van der Waals surface area contributed by atoms with E-state index in [4.69, 9.17) is 9.26 Å². The van der Waals surface area contributed by atoms with E-state index >= 15 is 0 Å². The number of aryl methyl sites for hydroxylation is 1. The molecule has 0 unspecified atom stereocenters. The van der Waals surface area contributed by atoms with E-state index in [9.17, 15) is 9.59 Å². The molecule has 176 valence electrons. The summed E-state index contributed by atoms with van der Waals surface area (Å²) in [6.07, 6.45) is 0. The van der Waals surface area contributed by atoms with Gasteiger partial charge in [0, 0.05) is 13.1 Å². The fourth-order valence-electron chi connectivity index (χ4n) is 3.28. The summed E-state index contributed by atoms with van der Waals surface area (Å²) >= 11 is 3.47. The van der Waals surface area contributed by atoms with Crippen molar-refractivity contribution in [2.24, 2.45) is 0 Å². The average molecular weight is 527 g/mol. The van der Waals surface area contributed by atoms with Gasteiger partial charge in [-0.25, -0.2) is 0 Å². The topological polar surface area (TPSA) is 124 Å². The van der Waals surface area contributed by atoms with E-state index in [1.54, 1.807) is 4.68 Å². The van der Waals surface area contributed by atoms with Crippen LogP contribution in [0.1, 0.15) is 27.9 Å². The van der Waals surface area contributed by atoms with Crippen LogP contribution in [0.15, 0.2) is 51.5 Å². The lowest BCUT2D eigenvalue weighted by Crippen LogP contribution is -2.36. The first-order valence-electron chi connectivity index (χ1n) is 10.6. The summed E-state index contributed by atoms with van der Waals surface area (Å²) in [4.78, 5) is 28.4. The lowest BCUT2D eigenvalue weighted by atomic mass is 10.1. The zero-order valence-electron chi connectivity index (χ0n) is 18.7. The number of rotatable bonds is 9. The average Bonchev–Trinajstić information content (AvgIpc) is 3.41. The zero-order valence-corrected chi connectivity index (χ0v) is 20.3. The molecule has 0 aliphatic rings. The van der Waals surface area contributed by atoms with Crippen LogP contribution in [-0.2, 0) is 11.3 Å². The molecule has 0 aliphatic heterocycles. The monoisotopic (exact) mass is 526 g/mol. The maximum absolute atomic E-state index is 12.2. The lowest BCUT2D eigenvalue weighted by molar-refractivity contribution is -0.123. The summed E-state index contributed by atoms with van der Waals surface area (Å²) in [6, 6.07) is 13.6. The molecule has 10 nitrogen and oxygen atoms in total. The number of aromatic nitrogens is 4. The normalized spacial score (nSPS) is 10.9. The third kappa shape index (κ3) is 5.60. The summed E-state index contributed by atoms with van der Waals surface area (Å²) in [5.74, 6) is -0.0142. The predicted octanol–water partition coefficient (Wildman–Crippen LogP) is 2.77. The van der Waals surface area contributed by atoms with Crippen LogP contribution >= 0.6 is 15.9 Å². The van der Waals surface area contributed by atoms with Crippen LogP contribution in [-0.4, -0.2) is 51.4 Å². The summed E-state index contributed by atoms with van der Waals surface area (Å²) in [5, 5.41) is 15.7. The molecule has 0 saturated heterocycles. The first kappa shape index (κ1) is 23.4. The molecule has 0 saturated carbocycles. The maximum Gasteiger partial charge on any atom is 0.316 e. The van der Waals surface area contributed by atoms with Gasteiger partial charge in [-0.1, -0.05) is 35.5 Å². The Morgan fingerprint density at radius 2 is 1.85 bits per heavy atom. The van der Waals surface area contributed by atoms with Crippen molar-refractivity contribution in [2.45, 2.75) is 20.4 Å². The molecule has 0 aliphatic carbocycles. The second kappa shape index (κ2) is 10.5. The van der Waals surface area contributed by atoms with E-state index in [1.807, 2.05) is 56.3 Å². The Hall–Kier alpha value is -3.73. The molecule has 0 bridgehead atoms. The number of ether oxygens (including phenoxy) is 1. The molecule has 0 radical (unpaired) electrons. The predicted molar refractivity (Wildman–Crippen MR) is 128 cm³/mol. The van der Waals surface area contributed by atoms with Gasteiger partial charge in [0.25, 0.3) is 5.91 Å². The summed E-state index contributed by atoms with van der Waals surface area (Å²) in [7, 11) is 0. The molecular weight excluding hydrogens is 504 g/mol. The minimum Gasteiger partial charge on any atom is -0.484 e. The van der Waals surface area contributed by atoms with E-state index in [0.29, 0.717) is 11.6 Å². The van der Waals surface area contributed by atoms with Crippen molar-refractivity contribution in [3.8, 4) is 5.75 Å². The highest BCUT2D eigenvalue weighted by Gasteiger charge is 2.17. The summed E-state index contributed by atoms with van der Waals surface area (Å²) in [6.45, 7) is 4.38. The van der Waals surface area contributed by atoms with Gasteiger partial charge < -0.3 is 19.9 Å². The number of hydrogen-bond donors (Lipinski definition) is 2. The number of carbonyl (C=O) groups is 2. The molecule has 2 amide bonds. The number of carbonyl (C=O) groups excluding carboxylic acids is 2. The van der Waals surface area contributed by atoms with Gasteiger partial charge in [0.1, 0.15) is 12.3 Å². The largest absolute Gasteiger partial charge is 0.484 e. The maximum atomic E-state index is 12.2. The fourth-order valence-corrected chi connectivity index (χ4v) is 3.57. The van der Waals surface area contributed by atoms with E-state index < -0.39 is 5.91 Å². The molecule has 0 fully saturated rings. The first-order chi connectivity index (χ1) is 16.4. The molecule has 4 aromatic rings. The van der Waals surface area contributed by atoms with E-state index in [2.05, 4.69) is 41.8 Å². The second-order valence-electron chi connectivity index (χ2n) is 7.56. The van der Waals surface area contributed by atoms with E-state index in [1.165, 1.54) is 0 Å². The van der Waals surface area contributed by atoms with Crippen molar-refractivity contribution < 1.29 is 18.8 Å². The van der Waals surface area contributed by atoms with Gasteiger partial charge in [-0.05, 0) is 52.7 Å². The molecule has 11 heteroatoms. The number of halogens is 1. The molecule has 4 rings (SSSR count). The number of fused-ring (bicyclic) bond motifs is 1.